The largest absolute Gasteiger partial charge is 0.293 e. The van der Waals surface area contributed by atoms with Crippen LogP contribution in [-0.4, -0.2) is 28.2 Å². The summed E-state index contributed by atoms with van der Waals surface area (Å²) in [5, 5.41) is 7.26. The number of rotatable bonds is 2. The lowest BCUT2D eigenvalue weighted by molar-refractivity contribution is 0.0927. The maximum Gasteiger partial charge on any atom is 0.128 e. The number of hydrogen-bond acceptors (Lipinski definition) is 2. The first kappa shape index (κ1) is 13.0. The fourth-order valence-electron chi connectivity index (χ4n) is 4.10. The van der Waals surface area contributed by atoms with Gasteiger partial charge in [-0.3, -0.25) is 10.00 Å². The van der Waals surface area contributed by atoms with Gasteiger partial charge in [0.2, 0.25) is 0 Å². The number of benzene rings is 1. The summed E-state index contributed by atoms with van der Waals surface area (Å²) in [4.78, 5) is 2.50. The maximum absolute atomic E-state index is 14.5. The van der Waals surface area contributed by atoms with Gasteiger partial charge in [-0.1, -0.05) is 18.2 Å². The summed E-state index contributed by atoms with van der Waals surface area (Å²) in [5.41, 5.74) is 3.13. The second kappa shape index (κ2) is 4.95. The van der Waals surface area contributed by atoms with Crippen molar-refractivity contribution in [3.05, 3.63) is 53.1 Å². The quantitative estimate of drug-likeness (QED) is 0.919. The molecule has 1 unspecified atom stereocenters. The van der Waals surface area contributed by atoms with Gasteiger partial charge in [0.15, 0.2) is 0 Å². The molecule has 1 atom stereocenters. The number of aromatic nitrogens is 2. The van der Waals surface area contributed by atoms with Gasteiger partial charge in [-0.25, -0.2) is 4.39 Å². The van der Waals surface area contributed by atoms with Gasteiger partial charge in [0.05, 0.1) is 11.7 Å². The van der Waals surface area contributed by atoms with Gasteiger partial charge < -0.3 is 0 Å². The molecule has 2 aromatic rings. The predicted octanol–water partition coefficient (Wildman–Crippen LogP) is 3.03. The minimum Gasteiger partial charge on any atom is -0.293 e. The lowest BCUT2D eigenvalue weighted by atomic mass is 9.74. The number of H-pyrrole nitrogens is 1. The Balaban J connectivity index is 1.82. The summed E-state index contributed by atoms with van der Waals surface area (Å²) < 4.78 is 14.5. The number of aryl methyl sites for hydroxylation is 1. The average molecular weight is 285 g/mol. The molecule has 3 nitrogen and oxygen atoms in total. The minimum atomic E-state index is -0.196. The molecular weight excluding hydrogens is 265 g/mol. The Kier molecular flexibility index (Phi) is 3.07. The van der Waals surface area contributed by atoms with Crippen molar-refractivity contribution in [2.24, 2.45) is 0 Å². The second-order valence-electron chi connectivity index (χ2n) is 6.26. The van der Waals surface area contributed by atoms with Crippen molar-refractivity contribution in [3.63, 3.8) is 0 Å². The molecule has 4 heteroatoms. The van der Waals surface area contributed by atoms with Crippen molar-refractivity contribution < 1.29 is 4.39 Å². The van der Waals surface area contributed by atoms with Crippen molar-refractivity contribution in [3.8, 4) is 0 Å². The van der Waals surface area contributed by atoms with Gasteiger partial charge in [0.25, 0.3) is 0 Å². The van der Waals surface area contributed by atoms with Crippen LogP contribution in [0.15, 0.2) is 30.5 Å². The third-order valence-corrected chi connectivity index (χ3v) is 5.17. The molecule has 1 aromatic heterocycles. The highest BCUT2D eigenvalue weighted by atomic mass is 19.1. The highest BCUT2D eigenvalue weighted by Crippen LogP contribution is 2.43. The van der Waals surface area contributed by atoms with Crippen molar-refractivity contribution in [1.29, 1.82) is 0 Å². The lowest BCUT2D eigenvalue weighted by Gasteiger charge is -2.45. The molecule has 4 rings (SSSR count). The van der Waals surface area contributed by atoms with E-state index in [-0.39, 0.29) is 11.4 Å². The standard InChI is InChI=1S/C17H20FN3/c18-15-6-2-1-5-14(15)17(21-9-3-4-10-21)8-7-16-13(11-17)12-19-20-16/h1-2,5-6,12H,3-4,7-11H2,(H,19,20). The van der Waals surface area contributed by atoms with E-state index in [4.69, 9.17) is 0 Å². The third kappa shape index (κ3) is 2.01. The zero-order chi connectivity index (χ0) is 14.3. The molecular formula is C17H20FN3. The second-order valence-corrected chi connectivity index (χ2v) is 6.26. The van der Waals surface area contributed by atoms with E-state index < -0.39 is 0 Å². The molecule has 21 heavy (non-hydrogen) atoms. The molecule has 0 saturated carbocycles. The molecule has 2 heterocycles. The van der Waals surface area contributed by atoms with E-state index in [0.717, 1.165) is 37.9 Å². The van der Waals surface area contributed by atoms with Gasteiger partial charge in [-0.15, -0.1) is 0 Å². The Bertz CT molecular complexity index is 645. The molecule has 0 amide bonds. The van der Waals surface area contributed by atoms with Crippen molar-refractivity contribution in [2.75, 3.05) is 13.1 Å². The molecule has 110 valence electrons. The van der Waals surface area contributed by atoms with E-state index in [2.05, 4.69) is 15.1 Å². The van der Waals surface area contributed by atoms with Crippen molar-refractivity contribution >= 4 is 0 Å². The number of fused-ring (bicyclic) bond motifs is 1. The fraction of sp³-hybridized carbons (Fsp3) is 0.471. The van der Waals surface area contributed by atoms with Crippen LogP contribution in [0.4, 0.5) is 4.39 Å². The molecule has 1 aromatic carbocycles. The van der Waals surface area contributed by atoms with Crippen LogP contribution in [-0.2, 0) is 18.4 Å². The number of nitrogens with zero attached hydrogens (tertiary/aromatic N) is 2. The van der Waals surface area contributed by atoms with E-state index in [9.17, 15) is 4.39 Å². The number of nitrogens with one attached hydrogen (secondary N) is 1. The van der Waals surface area contributed by atoms with Crippen LogP contribution in [0.25, 0.3) is 0 Å². The summed E-state index contributed by atoms with van der Waals surface area (Å²) in [5.74, 6) is -0.0728. The molecule has 0 bridgehead atoms. The normalized spacial score (nSPS) is 26.0. The number of likely N-dealkylation sites (tertiary alicyclic amines) is 1. The fourth-order valence-corrected chi connectivity index (χ4v) is 4.10. The van der Waals surface area contributed by atoms with E-state index in [0.29, 0.717) is 0 Å². The Morgan fingerprint density at radius 3 is 2.81 bits per heavy atom. The summed E-state index contributed by atoms with van der Waals surface area (Å²) in [7, 11) is 0. The van der Waals surface area contributed by atoms with E-state index in [1.165, 1.54) is 24.1 Å². The van der Waals surface area contributed by atoms with Crippen molar-refractivity contribution in [1.82, 2.24) is 15.1 Å². The highest BCUT2D eigenvalue weighted by molar-refractivity contribution is 5.34. The molecule has 2 aliphatic rings. The van der Waals surface area contributed by atoms with Gasteiger partial charge in [-0.05, 0) is 56.8 Å². The number of halogens is 1. The number of hydrogen-bond donors (Lipinski definition) is 1. The van der Waals surface area contributed by atoms with E-state index >= 15 is 0 Å². The van der Waals surface area contributed by atoms with Crippen LogP contribution >= 0.6 is 0 Å². The first-order valence-corrected chi connectivity index (χ1v) is 7.81. The van der Waals surface area contributed by atoms with Crippen LogP contribution in [0.1, 0.15) is 36.1 Å². The summed E-state index contributed by atoms with van der Waals surface area (Å²) in [6, 6.07) is 7.31. The Morgan fingerprint density at radius 1 is 1.19 bits per heavy atom. The summed E-state index contributed by atoms with van der Waals surface area (Å²) in [6.45, 7) is 2.14. The molecule has 1 fully saturated rings. The average Bonchev–Trinajstić information content (AvgIpc) is 3.18. The Hall–Kier alpha value is -1.68. The topological polar surface area (TPSA) is 31.9 Å². The van der Waals surface area contributed by atoms with Crippen molar-refractivity contribution in [2.45, 2.75) is 37.6 Å². The van der Waals surface area contributed by atoms with E-state index in [1.807, 2.05) is 18.3 Å². The molecule has 1 saturated heterocycles. The first-order chi connectivity index (χ1) is 10.3. The Morgan fingerprint density at radius 2 is 2.00 bits per heavy atom. The molecule has 0 spiro atoms. The van der Waals surface area contributed by atoms with Gasteiger partial charge in [0, 0.05) is 11.3 Å². The first-order valence-electron chi connectivity index (χ1n) is 7.81. The third-order valence-electron chi connectivity index (χ3n) is 5.17. The smallest absolute Gasteiger partial charge is 0.128 e. The predicted molar refractivity (Wildman–Crippen MR) is 79.5 cm³/mol. The molecule has 1 aliphatic carbocycles. The van der Waals surface area contributed by atoms with Crippen LogP contribution in [0, 0.1) is 5.82 Å². The number of aromatic amines is 1. The van der Waals surface area contributed by atoms with Gasteiger partial charge in [0.1, 0.15) is 5.82 Å². The summed E-state index contributed by atoms with van der Waals surface area (Å²) in [6.07, 6.45) is 7.12. The minimum absolute atomic E-state index is 0.0728. The summed E-state index contributed by atoms with van der Waals surface area (Å²) >= 11 is 0. The zero-order valence-electron chi connectivity index (χ0n) is 12.1. The highest BCUT2D eigenvalue weighted by Gasteiger charge is 2.44. The monoisotopic (exact) mass is 285 g/mol. The van der Waals surface area contributed by atoms with Crippen LogP contribution in [0.3, 0.4) is 0 Å². The SMILES string of the molecule is Fc1ccccc1C1(N2CCCC2)CCc2[nH]ncc2C1. The maximum atomic E-state index is 14.5. The molecule has 0 radical (unpaired) electrons. The van der Waals surface area contributed by atoms with Gasteiger partial charge >= 0.3 is 0 Å². The Labute approximate surface area is 124 Å². The van der Waals surface area contributed by atoms with Crippen LogP contribution < -0.4 is 0 Å². The van der Waals surface area contributed by atoms with E-state index in [1.54, 1.807) is 12.1 Å². The molecule has 1 N–H and O–H groups in total. The van der Waals surface area contributed by atoms with Gasteiger partial charge in [-0.2, -0.15) is 5.10 Å². The zero-order valence-corrected chi connectivity index (χ0v) is 12.1. The van der Waals surface area contributed by atoms with Crippen LogP contribution in [0.2, 0.25) is 0 Å². The van der Waals surface area contributed by atoms with Crippen LogP contribution in [0.5, 0.6) is 0 Å². The lowest BCUT2D eigenvalue weighted by Crippen LogP contribution is -2.49. The molecule has 1 aliphatic heterocycles.